The van der Waals surface area contributed by atoms with Crippen molar-refractivity contribution in [1.29, 1.82) is 0 Å². The summed E-state index contributed by atoms with van der Waals surface area (Å²) in [7, 11) is -3.91. The Labute approximate surface area is 199 Å². The van der Waals surface area contributed by atoms with E-state index in [1.54, 1.807) is 17.0 Å². The van der Waals surface area contributed by atoms with Crippen molar-refractivity contribution in [2.75, 3.05) is 37.0 Å². The molecular weight excluding hydrogens is 453 g/mol. The third kappa shape index (κ3) is 4.31. The number of hydrogen-bond acceptors (Lipinski definition) is 3. The monoisotopic (exact) mass is 480 g/mol. The molecule has 34 heavy (non-hydrogen) atoms. The number of carbonyl (C=O) groups is 1. The molecule has 0 radical (unpaired) electrons. The molecule has 0 saturated carbocycles. The molecule has 0 atom stereocenters. The first-order valence-electron chi connectivity index (χ1n) is 11.5. The number of nitrogens with one attached hydrogen (secondary N) is 1. The highest BCUT2D eigenvalue weighted by Gasteiger charge is 2.33. The molecule has 8 heteroatoms. The van der Waals surface area contributed by atoms with Crippen LogP contribution in [-0.2, 0) is 23.0 Å². The number of halogens is 1. The fraction of sp³-hybridized carbons (Fsp3) is 0.269. The van der Waals surface area contributed by atoms with E-state index in [4.69, 9.17) is 0 Å². The minimum absolute atomic E-state index is 0.0673. The maximum atomic E-state index is 14.7. The number of piperazine rings is 1. The van der Waals surface area contributed by atoms with Crippen molar-refractivity contribution >= 4 is 21.6 Å². The van der Waals surface area contributed by atoms with Crippen LogP contribution in [0.15, 0.2) is 77.7 Å². The predicted octanol–water partition coefficient (Wildman–Crippen LogP) is 2.12. The van der Waals surface area contributed by atoms with Gasteiger partial charge in [-0.2, -0.15) is 0 Å². The summed E-state index contributed by atoms with van der Waals surface area (Å²) in [6.07, 6.45) is 0.623. The molecule has 1 saturated heterocycles. The number of quaternary nitrogens is 1. The van der Waals surface area contributed by atoms with Crippen LogP contribution in [-0.4, -0.2) is 51.9 Å². The van der Waals surface area contributed by atoms with Crippen LogP contribution in [0.4, 0.5) is 10.1 Å². The number of amides is 1. The molecule has 2 aliphatic rings. The van der Waals surface area contributed by atoms with Crippen LogP contribution in [0, 0.1) is 5.82 Å². The molecule has 1 amide bonds. The number of rotatable bonds is 5. The minimum Gasteiger partial charge on any atom is -0.328 e. The van der Waals surface area contributed by atoms with Crippen LogP contribution >= 0.6 is 0 Å². The summed E-state index contributed by atoms with van der Waals surface area (Å²) in [5.74, 6) is -1.17. The Morgan fingerprint density at radius 3 is 2.38 bits per heavy atom. The van der Waals surface area contributed by atoms with Gasteiger partial charge >= 0.3 is 0 Å². The zero-order chi connectivity index (χ0) is 23.7. The predicted molar refractivity (Wildman–Crippen MR) is 128 cm³/mol. The SMILES string of the molecule is O=C(c1cc(S(=O)(=O)N2CCc3ccccc32)ccc1F)N1CC[NH+](Cc2ccccc2)CC1. The molecule has 1 fully saturated rings. The third-order valence-electron chi connectivity index (χ3n) is 6.66. The summed E-state index contributed by atoms with van der Waals surface area (Å²) in [4.78, 5) is 16.1. The molecule has 5 rings (SSSR count). The van der Waals surface area contributed by atoms with Gasteiger partial charge in [0, 0.05) is 12.1 Å². The van der Waals surface area contributed by atoms with Crippen LogP contribution in [0.25, 0.3) is 0 Å². The Morgan fingerprint density at radius 1 is 0.912 bits per heavy atom. The maximum Gasteiger partial charge on any atom is 0.264 e. The van der Waals surface area contributed by atoms with E-state index >= 15 is 0 Å². The van der Waals surface area contributed by atoms with Crippen molar-refractivity contribution in [2.45, 2.75) is 17.9 Å². The van der Waals surface area contributed by atoms with E-state index in [0.717, 1.165) is 31.3 Å². The number of carbonyl (C=O) groups excluding carboxylic acids is 1. The van der Waals surface area contributed by atoms with Crippen molar-refractivity contribution in [1.82, 2.24) is 4.90 Å². The number of fused-ring (bicyclic) bond motifs is 1. The summed E-state index contributed by atoms with van der Waals surface area (Å²) in [5.41, 5.74) is 2.64. The van der Waals surface area contributed by atoms with Gasteiger partial charge in [-0.25, -0.2) is 12.8 Å². The summed E-state index contributed by atoms with van der Waals surface area (Å²) in [6, 6.07) is 21.1. The second-order valence-electron chi connectivity index (χ2n) is 8.80. The molecule has 0 aliphatic carbocycles. The van der Waals surface area contributed by atoms with Gasteiger partial charge in [-0.05, 0) is 36.2 Å². The Kier molecular flexibility index (Phi) is 6.10. The average molecular weight is 481 g/mol. The summed E-state index contributed by atoms with van der Waals surface area (Å²) in [6.45, 7) is 3.71. The lowest BCUT2D eigenvalue weighted by Crippen LogP contribution is -3.13. The van der Waals surface area contributed by atoms with E-state index in [1.807, 2.05) is 30.3 Å². The summed E-state index contributed by atoms with van der Waals surface area (Å²) in [5, 5.41) is 0. The number of anilines is 1. The van der Waals surface area contributed by atoms with Crippen molar-refractivity contribution in [2.24, 2.45) is 0 Å². The highest BCUT2D eigenvalue weighted by atomic mass is 32.2. The van der Waals surface area contributed by atoms with E-state index < -0.39 is 21.7 Å². The largest absolute Gasteiger partial charge is 0.328 e. The van der Waals surface area contributed by atoms with Gasteiger partial charge in [-0.3, -0.25) is 9.10 Å². The first kappa shape index (κ1) is 22.6. The Bertz CT molecular complexity index is 1310. The first-order valence-corrected chi connectivity index (χ1v) is 12.9. The lowest BCUT2D eigenvalue weighted by atomic mass is 10.1. The smallest absolute Gasteiger partial charge is 0.264 e. The number of benzene rings is 3. The molecule has 0 unspecified atom stereocenters. The molecule has 176 valence electrons. The fourth-order valence-electron chi connectivity index (χ4n) is 4.77. The highest BCUT2D eigenvalue weighted by Crippen LogP contribution is 2.33. The van der Waals surface area contributed by atoms with Gasteiger partial charge in [0.15, 0.2) is 0 Å². The molecule has 3 aromatic rings. The van der Waals surface area contributed by atoms with Gasteiger partial charge in [0.1, 0.15) is 12.4 Å². The first-order chi connectivity index (χ1) is 16.4. The lowest BCUT2D eigenvalue weighted by molar-refractivity contribution is -0.917. The van der Waals surface area contributed by atoms with E-state index in [0.29, 0.717) is 31.7 Å². The standard InChI is InChI=1S/C26H26FN3O3S/c27-24-11-10-22(34(32,33)30-13-12-21-8-4-5-9-25(21)30)18-23(24)26(31)29-16-14-28(15-17-29)19-20-6-2-1-3-7-20/h1-11,18H,12-17,19H2/p+1. The summed E-state index contributed by atoms with van der Waals surface area (Å²) >= 11 is 0. The van der Waals surface area contributed by atoms with Crippen molar-refractivity contribution in [3.05, 3.63) is 95.3 Å². The quantitative estimate of drug-likeness (QED) is 0.609. The van der Waals surface area contributed by atoms with Gasteiger partial charge in [0.25, 0.3) is 15.9 Å². The molecule has 0 bridgehead atoms. The van der Waals surface area contributed by atoms with Crippen LogP contribution in [0.3, 0.4) is 0 Å². The van der Waals surface area contributed by atoms with Crippen LogP contribution in [0.5, 0.6) is 0 Å². The third-order valence-corrected chi connectivity index (χ3v) is 8.46. The van der Waals surface area contributed by atoms with Crippen LogP contribution in [0.2, 0.25) is 0 Å². The minimum atomic E-state index is -3.91. The second kappa shape index (κ2) is 9.19. The zero-order valence-electron chi connectivity index (χ0n) is 18.8. The van der Waals surface area contributed by atoms with Crippen molar-refractivity contribution in [3.8, 4) is 0 Å². The molecule has 2 aliphatic heterocycles. The van der Waals surface area contributed by atoms with Crippen LogP contribution in [0.1, 0.15) is 21.5 Å². The normalized spacial score (nSPS) is 16.5. The van der Waals surface area contributed by atoms with Gasteiger partial charge in [0.2, 0.25) is 0 Å². The molecule has 2 heterocycles. The highest BCUT2D eigenvalue weighted by molar-refractivity contribution is 7.92. The Balaban J connectivity index is 1.32. The maximum absolute atomic E-state index is 14.7. The van der Waals surface area contributed by atoms with E-state index in [1.165, 1.54) is 26.9 Å². The Hall–Kier alpha value is -3.23. The zero-order valence-corrected chi connectivity index (χ0v) is 19.6. The van der Waals surface area contributed by atoms with Crippen molar-refractivity contribution < 1.29 is 22.5 Å². The molecule has 0 aromatic heterocycles. The second-order valence-corrected chi connectivity index (χ2v) is 10.7. The van der Waals surface area contributed by atoms with Gasteiger partial charge < -0.3 is 9.80 Å². The number of hydrogen-bond donors (Lipinski definition) is 1. The van der Waals surface area contributed by atoms with Crippen molar-refractivity contribution in [3.63, 3.8) is 0 Å². The molecule has 3 aromatic carbocycles. The molecule has 0 spiro atoms. The van der Waals surface area contributed by atoms with E-state index in [-0.39, 0.29) is 10.5 Å². The van der Waals surface area contributed by atoms with E-state index in [2.05, 4.69) is 12.1 Å². The van der Waals surface area contributed by atoms with Gasteiger partial charge in [0.05, 0.1) is 42.3 Å². The van der Waals surface area contributed by atoms with Gasteiger partial charge in [-0.1, -0.05) is 48.5 Å². The number of sulfonamides is 1. The average Bonchev–Trinajstić information content (AvgIpc) is 3.30. The Morgan fingerprint density at radius 2 is 1.62 bits per heavy atom. The van der Waals surface area contributed by atoms with Crippen LogP contribution < -0.4 is 9.21 Å². The molecule has 1 N–H and O–H groups in total. The van der Waals surface area contributed by atoms with E-state index in [9.17, 15) is 17.6 Å². The lowest BCUT2D eigenvalue weighted by Gasteiger charge is -2.32. The molecular formula is C26H27FN3O3S+. The summed E-state index contributed by atoms with van der Waals surface area (Å²) < 4.78 is 42.7. The van der Waals surface area contributed by atoms with Gasteiger partial charge in [-0.15, -0.1) is 0 Å². The topological polar surface area (TPSA) is 62.1 Å². The molecule has 6 nitrogen and oxygen atoms in total. The number of nitrogens with zero attached hydrogens (tertiary/aromatic N) is 2. The number of para-hydroxylation sites is 1. The fourth-order valence-corrected chi connectivity index (χ4v) is 6.30.